The molecule has 3 nitrogen and oxygen atoms in total. The van der Waals surface area contributed by atoms with Gasteiger partial charge in [0.2, 0.25) is 0 Å². The average Bonchev–Trinajstić information content (AvgIpc) is 2.52. The fraction of sp³-hybridized carbons (Fsp3) is 0.182. The highest BCUT2D eigenvalue weighted by Gasteiger charge is 2.06. The lowest BCUT2D eigenvalue weighted by molar-refractivity contribution is 0.478. The van der Waals surface area contributed by atoms with E-state index in [9.17, 15) is 0 Å². The number of hydrogen-bond donors (Lipinski definition) is 1. The third kappa shape index (κ3) is 2.28. The number of ether oxygens (including phenoxy) is 1. The van der Waals surface area contributed by atoms with Gasteiger partial charge in [-0.3, -0.25) is 0 Å². The first-order valence-corrected chi connectivity index (χ1v) is 5.92. The second-order valence-electron chi connectivity index (χ2n) is 3.41. The number of aromatic nitrogens is 1. The number of anilines is 1. The van der Waals surface area contributed by atoms with E-state index in [0.717, 1.165) is 10.6 Å². The van der Waals surface area contributed by atoms with Crippen LogP contribution in [-0.2, 0) is 0 Å². The van der Waals surface area contributed by atoms with Crippen molar-refractivity contribution < 1.29 is 4.74 Å². The van der Waals surface area contributed by atoms with Crippen LogP contribution in [0.3, 0.4) is 0 Å². The summed E-state index contributed by atoms with van der Waals surface area (Å²) in [5.74, 6) is 0.646. The van der Waals surface area contributed by atoms with Gasteiger partial charge in [-0.1, -0.05) is 22.9 Å². The van der Waals surface area contributed by atoms with E-state index in [1.807, 2.05) is 13.8 Å². The minimum atomic E-state index is 0.488. The lowest BCUT2D eigenvalue weighted by Crippen LogP contribution is -1.88. The van der Waals surface area contributed by atoms with Crippen LogP contribution in [0, 0.1) is 13.8 Å². The molecule has 0 unspecified atom stereocenters. The van der Waals surface area contributed by atoms with Gasteiger partial charge in [0.05, 0.1) is 16.4 Å². The lowest BCUT2D eigenvalue weighted by atomic mass is 10.3. The van der Waals surface area contributed by atoms with E-state index in [1.54, 1.807) is 18.2 Å². The molecule has 0 aliphatic heterocycles. The van der Waals surface area contributed by atoms with Crippen LogP contribution < -0.4 is 10.5 Å². The Morgan fingerprint density at radius 3 is 2.69 bits per heavy atom. The molecular weight excluding hydrogens is 244 g/mol. The van der Waals surface area contributed by atoms with Gasteiger partial charge in [0.15, 0.2) is 0 Å². The van der Waals surface area contributed by atoms with Crippen LogP contribution in [0.2, 0.25) is 5.02 Å². The summed E-state index contributed by atoms with van der Waals surface area (Å²) in [6.07, 6.45) is 0. The van der Waals surface area contributed by atoms with Crippen LogP contribution in [0.5, 0.6) is 10.9 Å². The minimum absolute atomic E-state index is 0.488. The molecule has 0 saturated carbocycles. The average molecular weight is 255 g/mol. The van der Waals surface area contributed by atoms with Gasteiger partial charge in [-0.25, -0.2) is 4.98 Å². The molecule has 2 rings (SSSR count). The number of nitrogens with zero attached hydrogens (tertiary/aromatic N) is 1. The number of thiazole rings is 1. The Morgan fingerprint density at radius 2 is 2.12 bits per heavy atom. The molecule has 16 heavy (non-hydrogen) atoms. The maximum Gasteiger partial charge on any atom is 0.279 e. The Hall–Kier alpha value is -1.26. The third-order valence-corrected chi connectivity index (χ3v) is 3.46. The Kier molecular flexibility index (Phi) is 3.03. The van der Waals surface area contributed by atoms with Gasteiger partial charge in [0, 0.05) is 10.9 Å². The minimum Gasteiger partial charge on any atom is -0.431 e. The van der Waals surface area contributed by atoms with Crippen molar-refractivity contribution in [2.24, 2.45) is 0 Å². The summed E-state index contributed by atoms with van der Waals surface area (Å²) >= 11 is 7.41. The monoisotopic (exact) mass is 254 g/mol. The van der Waals surface area contributed by atoms with E-state index < -0.39 is 0 Å². The molecule has 0 amide bonds. The first-order valence-electron chi connectivity index (χ1n) is 4.73. The predicted molar refractivity (Wildman–Crippen MR) is 67.5 cm³/mol. The highest BCUT2D eigenvalue weighted by atomic mass is 35.5. The quantitative estimate of drug-likeness (QED) is 0.830. The van der Waals surface area contributed by atoms with E-state index in [0.29, 0.717) is 21.7 Å². The van der Waals surface area contributed by atoms with Gasteiger partial charge in [-0.05, 0) is 26.0 Å². The lowest BCUT2D eigenvalue weighted by Gasteiger charge is -2.03. The van der Waals surface area contributed by atoms with Crippen LogP contribution in [0.4, 0.5) is 5.69 Å². The Balaban J connectivity index is 2.23. The molecule has 5 heteroatoms. The summed E-state index contributed by atoms with van der Waals surface area (Å²) in [7, 11) is 0. The van der Waals surface area contributed by atoms with E-state index in [4.69, 9.17) is 22.1 Å². The van der Waals surface area contributed by atoms with Crippen LogP contribution in [0.25, 0.3) is 0 Å². The number of benzene rings is 1. The molecule has 0 aliphatic carbocycles. The van der Waals surface area contributed by atoms with E-state index >= 15 is 0 Å². The molecule has 0 bridgehead atoms. The smallest absolute Gasteiger partial charge is 0.279 e. The van der Waals surface area contributed by atoms with Gasteiger partial charge in [-0.15, -0.1) is 0 Å². The van der Waals surface area contributed by atoms with E-state index in [2.05, 4.69) is 4.98 Å². The largest absolute Gasteiger partial charge is 0.431 e. The summed E-state index contributed by atoms with van der Waals surface area (Å²) in [4.78, 5) is 5.43. The van der Waals surface area contributed by atoms with Crippen molar-refractivity contribution >= 4 is 28.6 Å². The molecule has 1 heterocycles. The molecule has 2 N–H and O–H groups in total. The highest BCUT2D eigenvalue weighted by molar-refractivity contribution is 7.13. The topological polar surface area (TPSA) is 48.1 Å². The summed E-state index contributed by atoms with van der Waals surface area (Å²) in [6.45, 7) is 3.96. The number of aryl methyl sites for hydroxylation is 2. The van der Waals surface area contributed by atoms with Crippen LogP contribution >= 0.6 is 22.9 Å². The second-order valence-corrected chi connectivity index (χ2v) is 4.98. The molecule has 84 valence electrons. The first kappa shape index (κ1) is 11.2. The standard InChI is InChI=1S/C11H11ClN2OS/c1-6-7(2)16-11(14-6)15-8-3-4-10(13)9(12)5-8/h3-5H,13H2,1-2H3. The van der Waals surface area contributed by atoms with Gasteiger partial charge >= 0.3 is 0 Å². The molecule has 0 spiro atoms. The molecular formula is C11H11ClN2OS. The van der Waals surface area contributed by atoms with E-state index in [1.165, 1.54) is 11.3 Å². The Bertz CT molecular complexity index is 505. The van der Waals surface area contributed by atoms with E-state index in [-0.39, 0.29) is 0 Å². The van der Waals surface area contributed by atoms with Crippen molar-refractivity contribution in [2.75, 3.05) is 5.73 Å². The predicted octanol–water partition coefficient (Wildman–Crippen LogP) is 3.79. The van der Waals surface area contributed by atoms with Crippen LogP contribution in [-0.4, -0.2) is 4.98 Å². The fourth-order valence-corrected chi connectivity index (χ4v) is 2.11. The highest BCUT2D eigenvalue weighted by Crippen LogP contribution is 2.31. The van der Waals surface area contributed by atoms with Crippen LogP contribution in [0.1, 0.15) is 10.6 Å². The van der Waals surface area contributed by atoms with Gasteiger partial charge in [-0.2, -0.15) is 0 Å². The molecule has 0 saturated heterocycles. The Labute approximate surface area is 103 Å². The van der Waals surface area contributed by atoms with Crippen molar-refractivity contribution in [3.05, 3.63) is 33.8 Å². The van der Waals surface area contributed by atoms with Gasteiger partial charge in [0.25, 0.3) is 5.19 Å². The summed E-state index contributed by atoms with van der Waals surface area (Å²) < 4.78 is 5.58. The maximum absolute atomic E-state index is 5.89. The van der Waals surface area contributed by atoms with Crippen molar-refractivity contribution in [1.82, 2.24) is 4.98 Å². The summed E-state index contributed by atoms with van der Waals surface area (Å²) in [6, 6.07) is 5.17. The zero-order valence-corrected chi connectivity index (χ0v) is 10.5. The molecule has 0 fully saturated rings. The molecule has 0 aliphatic rings. The van der Waals surface area contributed by atoms with Crippen molar-refractivity contribution in [3.63, 3.8) is 0 Å². The Morgan fingerprint density at radius 1 is 1.38 bits per heavy atom. The maximum atomic E-state index is 5.89. The van der Waals surface area contributed by atoms with Gasteiger partial charge < -0.3 is 10.5 Å². The summed E-state index contributed by atoms with van der Waals surface area (Å²) in [5, 5.41) is 1.11. The number of hydrogen-bond acceptors (Lipinski definition) is 4. The first-order chi connectivity index (χ1) is 7.56. The van der Waals surface area contributed by atoms with Crippen molar-refractivity contribution in [2.45, 2.75) is 13.8 Å². The normalized spacial score (nSPS) is 10.4. The fourth-order valence-electron chi connectivity index (χ4n) is 1.16. The molecule has 0 radical (unpaired) electrons. The summed E-state index contributed by atoms with van der Waals surface area (Å²) in [5.41, 5.74) is 7.14. The molecule has 2 aromatic rings. The molecule has 0 atom stereocenters. The zero-order valence-electron chi connectivity index (χ0n) is 8.95. The van der Waals surface area contributed by atoms with Crippen molar-refractivity contribution in [1.29, 1.82) is 0 Å². The molecule has 1 aromatic carbocycles. The number of nitrogens with two attached hydrogens (primary N) is 1. The van der Waals surface area contributed by atoms with Gasteiger partial charge in [0.1, 0.15) is 5.75 Å². The zero-order chi connectivity index (χ0) is 11.7. The second kappa shape index (κ2) is 4.31. The van der Waals surface area contributed by atoms with Crippen molar-refractivity contribution in [3.8, 4) is 10.9 Å². The SMILES string of the molecule is Cc1nc(Oc2ccc(N)c(Cl)c2)sc1C. The van der Waals surface area contributed by atoms with Crippen LogP contribution in [0.15, 0.2) is 18.2 Å². The number of nitrogen functional groups attached to an aromatic ring is 1. The number of rotatable bonds is 2. The molecule has 1 aromatic heterocycles. The number of halogens is 1. The third-order valence-electron chi connectivity index (χ3n) is 2.19.